The van der Waals surface area contributed by atoms with Gasteiger partial charge in [0.2, 0.25) is 5.91 Å². The molecule has 0 bridgehead atoms. The van der Waals surface area contributed by atoms with Crippen molar-refractivity contribution >= 4 is 16.0 Å². The van der Waals surface area contributed by atoms with Gasteiger partial charge in [-0.2, -0.15) is 43.5 Å². The minimum absolute atomic E-state index is 0.287. The van der Waals surface area contributed by atoms with Crippen LogP contribution >= 0.6 is 0 Å². The van der Waals surface area contributed by atoms with Crippen molar-refractivity contribution in [1.29, 1.82) is 0 Å². The van der Waals surface area contributed by atoms with Gasteiger partial charge in [0.25, 0.3) is 0 Å². The Bertz CT molecular complexity index is 825. The summed E-state index contributed by atoms with van der Waals surface area (Å²) in [6.45, 7) is 6.85. The molecule has 202 valence electrons. The number of rotatable bonds is 11. The average Bonchev–Trinajstić information content (AvgIpc) is 2.66. The number of carbonyl (C=O) groups is 1. The van der Waals surface area contributed by atoms with E-state index in [2.05, 4.69) is 8.92 Å². The highest BCUT2D eigenvalue weighted by molar-refractivity contribution is 7.87. The Morgan fingerprint density at radius 1 is 0.941 bits per heavy atom. The summed E-state index contributed by atoms with van der Waals surface area (Å²) in [7, 11) is -6.73. The van der Waals surface area contributed by atoms with Crippen LogP contribution in [0.2, 0.25) is 0 Å². The summed E-state index contributed by atoms with van der Waals surface area (Å²) < 4.78 is 147. The molecule has 0 unspecified atom stereocenters. The van der Waals surface area contributed by atoms with Crippen LogP contribution in [0.25, 0.3) is 0 Å². The van der Waals surface area contributed by atoms with Crippen molar-refractivity contribution in [3.05, 3.63) is 0 Å². The quantitative estimate of drug-likeness (QED) is 0.315. The van der Waals surface area contributed by atoms with Gasteiger partial charge >= 0.3 is 33.5 Å². The van der Waals surface area contributed by atoms with Crippen molar-refractivity contribution in [1.82, 2.24) is 5.32 Å². The van der Waals surface area contributed by atoms with E-state index in [-0.39, 0.29) is 6.54 Å². The lowest BCUT2D eigenvalue weighted by Crippen LogP contribution is -2.58. The molecule has 34 heavy (non-hydrogen) atoms. The van der Waals surface area contributed by atoms with E-state index in [0.29, 0.717) is 6.42 Å². The third-order valence-corrected chi connectivity index (χ3v) is 6.86. The van der Waals surface area contributed by atoms with E-state index in [9.17, 15) is 48.3 Å². The van der Waals surface area contributed by atoms with E-state index in [1.54, 1.807) is 19.2 Å². The molecule has 1 saturated heterocycles. The SMILES string of the molecule is CCNC(=O)CC(F)(F)C(F)(F)OC(F)(F)C(F)(F)S(=O)(=O)O[C@H]1[C@@H](C)[C@H](C)[C@@H](CC)O[C@H]1C. The molecule has 1 heterocycles. The molecular weight excluding hydrogens is 510 g/mol. The van der Waals surface area contributed by atoms with Crippen LogP contribution in [0.4, 0.5) is 35.1 Å². The molecule has 0 aromatic carbocycles. The Labute approximate surface area is 191 Å². The molecule has 0 aromatic heterocycles. The third kappa shape index (κ3) is 6.10. The van der Waals surface area contributed by atoms with E-state index < -0.39 is 76.0 Å². The number of hydrogen-bond acceptors (Lipinski definition) is 6. The lowest BCUT2D eigenvalue weighted by atomic mass is 9.81. The van der Waals surface area contributed by atoms with Crippen LogP contribution < -0.4 is 5.32 Å². The van der Waals surface area contributed by atoms with Crippen molar-refractivity contribution in [2.75, 3.05) is 6.54 Å². The van der Waals surface area contributed by atoms with Crippen molar-refractivity contribution < 1.29 is 62.0 Å². The first kappa shape index (κ1) is 30.8. The number of nitrogens with one attached hydrogen (secondary N) is 1. The minimum atomic E-state index is -6.73. The van der Waals surface area contributed by atoms with E-state index in [1.807, 2.05) is 0 Å². The first-order valence-electron chi connectivity index (χ1n) is 10.2. The summed E-state index contributed by atoms with van der Waals surface area (Å²) >= 11 is 0. The molecule has 1 fully saturated rings. The average molecular weight is 537 g/mol. The lowest BCUT2D eigenvalue weighted by molar-refractivity contribution is -0.455. The Kier molecular flexibility index (Phi) is 9.40. The van der Waals surface area contributed by atoms with E-state index in [1.165, 1.54) is 20.8 Å². The molecule has 0 radical (unpaired) electrons. The number of amides is 1. The molecule has 0 aromatic rings. The molecule has 1 aliphatic heterocycles. The zero-order valence-electron chi connectivity index (χ0n) is 18.9. The maximum Gasteiger partial charge on any atom is 0.460 e. The van der Waals surface area contributed by atoms with Crippen molar-refractivity contribution in [2.24, 2.45) is 11.8 Å². The highest BCUT2D eigenvalue weighted by Crippen LogP contribution is 2.49. The van der Waals surface area contributed by atoms with Crippen LogP contribution in [-0.4, -0.2) is 62.6 Å². The van der Waals surface area contributed by atoms with Gasteiger partial charge in [0.15, 0.2) is 0 Å². The fraction of sp³-hybridized carbons (Fsp3) is 0.944. The summed E-state index contributed by atoms with van der Waals surface area (Å²) in [4.78, 5) is 11.1. The van der Waals surface area contributed by atoms with Crippen LogP contribution in [0.1, 0.15) is 47.5 Å². The summed E-state index contributed by atoms with van der Waals surface area (Å²) in [6.07, 6.45) is -18.3. The van der Waals surface area contributed by atoms with Gasteiger partial charge < -0.3 is 10.1 Å². The molecule has 1 amide bonds. The number of carbonyl (C=O) groups excluding carboxylic acids is 1. The Hall–Kier alpha value is -1.26. The van der Waals surface area contributed by atoms with Gasteiger partial charge in [0.05, 0.1) is 18.6 Å². The van der Waals surface area contributed by atoms with Gasteiger partial charge in [0.1, 0.15) is 6.10 Å². The molecule has 0 saturated carbocycles. The zero-order valence-corrected chi connectivity index (χ0v) is 19.7. The van der Waals surface area contributed by atoms with Crippen LogP contribution in [0.15, 0.2) is 0 Å². The van der Waals surface area contributed by atoms with Gasteiger partial charge in [0, 0.05) is 6.54 Å². The maximum atomic E-state index is 14.2. The highest BCUT2D eigenvalue weighted by atomic mass is 32.2. The van der Waals surface area contributed by atoms with Crippen LogP contribution in [0.5, 0.6) is 0 Å². The Morgan fingerprint density at radius 2 is 1.47 bits per heavy atom. The summed E-state index contributed by atoms with van der Waals surface area (Å²) in [6, 6.07) is 0. The van der Waals surface area contributed by atoms with Gasteiger partial charge in [-0.15, -0.1) is 0 Å². The molecule has 16 heteroatoms. The monoisotopic (exact) mass is 537 g/mol. The topological polar surface area (TPSA) is 90.9 Å². The molecule has 0 aliphatic carbocycles. The van der Waals surface area contributed by atoms with Gasteiger partial charge in [-0.05, 0) is 32.1 Å². The molecule has 7 nitrogen and oxygen atoms in total. The number of ether oxygens (including phenoxy) is 2. The molecule has 0 spiro atoms. The van der Waals surface area contributed by atoms with Crippen molar-refractivity contribution in [3.8, 4) is 0 Å². The van der Waals surface area contributed by atoms with Gasteiger partial charge in [-0.1, -0.05) is 20.8 Å². The first-order valence-corrected chi connectivity index (χ1v) is 11.6. The van der Waals surface area contributed by atoms with Crippen molar-refractivity contribution in [2.45, 2.75) is 89.2 Å². The predicted molar refractivity (Wildman–Crippen MR) is 101 cm³/mol. The van der Waals surface area contributed by atoms with E-state index in [0.717, 1.165) is 0 Å². The molecule has 1 aliphatic rings. The molecule has 5 atom stereocenters. The standard InChI is InChI=1S/C18H27F8NO6S/c1-6-12-9(3)10(4)14(11(5)31-12)32-34(29,30)18(25,26)17(23,24)33-16(21,22)15(19,20)8-13(28)27-7-2/h9-12,14H,6-8H2,1-5H3,(H,27,28)/t9-,10-,11-,12+,14-/m0/s1. The van der Waals surface area contributed by atoms with Gasteiger partial charge in [-0.3, -0.25) is 8.98 Å². The van der Waals surface area contributed by atoms with Crippen LogP contribution in [-0.2, 0) is 28.6 Å². The minimum Gasteiger partial charge on any atom is -0.372 e. The first-order chi connectivity index (χ1) is 15.2. The van der Waals surface area contributed by atoms with Gasteiger partial charge in [-0.25, -0.2) is 4.74 Å². The van der Waals surface area contributed by atoms with E-state index >= 15 is 0 Å². The number of hydrogen-bond donors (Lipinski definition) is 1. The highest BCUT2D eigenvalue weighted by Gasteiger charge is 2.75. The maximum absolute atomic E-state index is 14.2. The Morgan fingerprint density at radius 3 is 1.94 bits per heavy atom. The zero-order chi connectivity index (χ0) is 26.9. The van der Waals surface area contributed by atoms with Crippen LogP contribution in [0.3, 0.4) is 0 Å². The smallest absolute Gasteiger partial charge is 0.372 e. The second kappa shape index (κ2) is 10.4. The predicted octanol–water partition coefficient (Wildman–Crippen LogP) is 4.13. The fourth-order valence-corrected chi connectivity index (χ4v) is 4.47. The molecular formula is C18H27F8NO6S. The van der Waals surface area contributed by atoms with Crippen LogP contribution in [0, 0.1) is 11.8 Å². The third-order valence-electron chi connectivity index (χ3n) is 5.52. The number of halogens is 8. The fourth-order valence-electron chi connectivity index (χ4n) is 3.39. The number of alkyl halides is 8. The molecule has 1 rings (SSSR count). The molecule has 1 N–H and O–H groups in total. The second-order valence-corrected chi connectivity index (χ2v) is 9.62. The second-order valence-electron chi connectivity index (χ2n) is 8.01. The van der Waals surface area contributed by atoms with E-state index in [4.69, 9.17) is 4.74 Å². The summed E-state index contributed by atoms with van der Waals surface area (Å²) in [5, 5.41) is -4.83. The summed E-state index contributed by atoms with van der Waals surface area (Å²) in [5.41, 5.74) is 0. The van der Waals surface area contributed by atoms with Crippen molar-refractivity contribution in [3.63, 3.8) is 0 Å². The lowest BCUT2D eigenvalue weighted by Gasteiger charge is -2.43. The normalized spacial score (nSPS) is 27.5. The summed E-state index contributed by atoms with van der Waals surface area (Å²) in [5.74, 6) is -8.70. The largest absolute Gasteiger partial charge is 0.460 e. The Balaban J connectivity index is 3.16.